The van der Waals surface area contributed by atoms with Gasteiger partial charge in [0.25, 0.3) is 5.91 Å². The molecule has 3 aromatic rings. The highest BCUT2D eigenvalue weighted by Gasteiger charge is 2.12. The number of nitrogens with one attached hydrogen (secondary N) is 1. The summed E-state index contributed by atoms with van der Waals surface area (Å²) in [7, 11) is 0. The Labute approximate surface area is 138 Å². The van der Waals surface area contributed by atoms with E-state index in [-0.39, 0.29) is 12.1 Å². The van der Waals surface area contributed by atoms with Gasteiger partial charge < -0.3 is 9.84 Å². The summed E-state index contributed by atoms with van der Waals surface area (Å²) in [6, 6.07) is 13.6. The molecule has 1 amide bonds. The number of rotatable bonds is 5. The normalized spacial score (nSPS) is 10.6. The van der Waals surface area contributed by atoms with Crippen LogP contribution in [0.25, 0.3) is 11.4 Å². The van der Waals surface area contributed by atoms with Crippen LogP contribution in [-0.4, -0.2) is 22.6 Å². The highest BCUT2D eigenvalue weighted by Crippen LogP contribution is 2.19. The lowest BCUT2D eigenvalue weighted by molar-refractivity contribution is 0.0949. The molecule has 0 aliphatic rings. The second-order valence-electron chi connectivity index (χ2n) is 5.31. The fourth-order valence-corrected chi connectivity index (χ4v) is 2.31. The SMILES string of the molecule is Cc1ccccc1-c1noc(CCNC(=O)c2ccccc2F)n1. The van der Waals surface area contributed by atoms with Crippen molar-refractivity contribution in [1.29, 1.82) is 0 Å². The zero-order valence-electron chi connectivity index (χ0n) is 13.1. The lowest BCUT2D eigenvalue weighted by atomic mass is 10.1. The van der Waals surface area contributed by atoms with Gasteiger partial charge in [-0.05, 0) is 24.6 Å². The number of benzene rings is 2. The molecule has 5 nitrogen and oxygen atoms in total. The van der Waals surface area contributed by atoms with E-state index in [0.717, 1.165) is 11.1 Å². The van der Waals surface area contributed by atoms with E-state index < -0.39 is 11.7 Å². The lowest BCUT2D eigenvalue weighted by Gasteiger charge is -2.04. The lowest BCUT2D eigenvalue weighted by Crippen LogP contribution is -2.26. The Hall–Kier alpha value is -3.02. The number of hydrogen-bond donors (Lipinski definition) is 1. The van der Waals surface area contributed by atoms with Gasteiger partial charge in [0.2, 0.25) is 11.7 Å². The summed E-state index contributed by atoms with van der Waals surface area (Å²) in [5.41, 5.74) is 1.98. The number of carbonyl (C=O) groups excluding carboxylic acids is 1. The van der Waals surface area contributed by atoms with Crippen LogP contribution in [-0.2, 0) is 6.42 Å². The Kier molecular flexibility index (Phi) is 4.65. The summed E-state index contributed by atoms with van der Waals surface area (Å²) in [5, 5.41) is 6.60. The minimum Gasteiger partial charge on any atom is -0.351 e. The average Bonchev–Trinajstić information content (AvgIpc) is 3.04. The van der Waals surface area contributed by atoms with Crippen LogP contribution >= 0.6 is 0 Å². The van der Waals surface area contributed by atoms with Crippen LogP contribution in [0.2, 0.25) is 0 Å². The van der Waals surface area contributed by atoms with Crippen LogP contribution in [0, 0.1) is 12.7 Å². The minimum atomic E-state index is -0.547. The van der Waals surface area contributed by atoms with E-state index in [1.165, 1.54) is 18.2 Å². The molecule has 0 spiro atoms. The summed E-state index contributed by atoms with van der Waals surface area (Å²) >= 11 is 0. The minimum absolute atomic E-state index is 0.0172. The first-order valence-corrected chi connectivity index (χ1v) is 7.56. The van der Waals surface area contributed by atoms with E-state index in [0.29, 0.717) is 18.1 Å². The van der Waals surface area contributed by atoms with E-state index in [4.69, 9.17) is 4.52 Å². The number of aryl methyl sites for hydroxylation is 1. The number of carbonyl (C=O) groups is 1. The summed E-state index contributed by atoms with van der Waals surface area (Å²) in [5.74, 6) is -0.0769. The van der Waals surface area contributed by atoms with Gasteiger partial charge in [0.15, 0.2) is 0 Å². The quantitative estimate of drug-likeness (QED) is 0.782. The molecule has 122 valence electrons. The van der Waals surface area contributed by atoms with Crippen LogP contribution in [0.5, 0.6) is 0 Å². The Bertz CT molecular complexity index is 861. The van der Waals surface area contributed by atoms with Crippen molar-refractivity contribution in [2.24, 2.45) is 0 Å². The fraction of sp³-hybridized carbons (Fsp3) is 0.167. The van der Waals surface area contributed by atoms with Gasteiger partial charge in [0.1, 0.15) is 5.82 Å². The molecule has 1 N–H and O–H groups in total. The van der Waals surface area contributed by atoms with Crippen LogP contribution in [0.3, 0.4) is 0 Å². The molecule has 0 bridgehead atoms. The van der Waals surface area contributed by atoms with E-state index in [9.17, 15) is 9.18 Å². The molecular formula is C18H16FN3O2. The maximum Gasteiger partial charge on any atom is 0.254 e. The molecule has 24 heavy (non-hydrogen) atoms. The van der Waals surface area contributed by atoms with Crippen molar-refractivity contribution in [3.8, 4) is 11.4 Å². The zero-order chi connectivity index (χ0) is 16.9. The smallest absolute Gasteiger partial charge is 0.254 e. The molecule has 2 aromatic carbocycles. The van der Waals surface area contributed by atoms with Crippen molar-refractivity contribution in [2.75, 3.05) is 6.54 Å². The molecule has 0 atom stereocenters. The van der Waals surface area contributed by atoms with Gasteiger partial charge in [-0.1, -0.05) is 41.6 Å². The average molecular weight is 325 g/mol. The largest absolute Gasteiger partial charge is 0.351 e. The van der Waals surface area contributed by atoms with Crippen molar-refractivity contribution in [3.63, 3.8) is 0 Å². The molecule has 1 heterocycles. The van der Waals surface area contributed by atoms with Crippen molar-refractivity contribution in [1.82, 2.24) is 15.5 Å². The molecular weight excluding hydrogens is 309 g/mol. The zero-order valence-corrected chi connectivity index (χ0v) is 13.1. The van der Waals surface area contributed by atoms with Gasteiger partial charge in [-0.3, -0.25) is 4.79 Å². The molecule has 0 fully saturated rings. The van der Waals surface area contributed by atoms with Crippen LogP contribution in [0.1, 0.15) is 21.8 Å². The predicted octanol–water partition coefficient (Wildman–Crippen LogP) is 3.16. The second-order valence-corrected chi connectivity index (χ2v) is 5.31. The van der Waals surface area contributed by atoms with E-state index in [1.54, 1.807) is 6.07 Å². The highest BCUT2D eigenvalue weighted by atomic mass is 19.1. The Morgan fingerprint density at radius 3 is 2.71 bits per heavy atom. The highest BCUT2D eigenvalue weighted by molar-refractivity contribution is 5.94. The monoisotopic (exact) mass is 325 g/mol. The van der Waals surface area contributed by atoms with Crippen molar-refractivity contribution < 1.29 is 13.7 Å². The van der Waals surface area contributed by atoms with Crippen LogP contribution < -0.4 is 5.32 Å². The van der Waals surface area contributed by atoms with Crippen molar-refractivity contribution in [3.05, 3.63) is 71.4 Å². The standard InChI is InChI=1S/C18H16FN3O2/c1-12-6-2-3-7-13(12)17-21-16(24-22-17)10-11-20-18(23)14-8-4-5-9-15(14)19/h2-9H,10-11H2,1H3,(H,20,23). The molecule has 0 unspecified atom stereocenters. The Morgan fingerprint density at radius 1 is 1.17 bits per heavy atom. The molecule has 3 rings (SSSR count). The van der Waals surface area contributed by atoms with Gasteiger partial charge >= 0.3 is 0 Å². The molecule has 0 saturated carbocycles. The summed E-state index contributed by atoms with van der Waals surface area (Å²) < 4.78 is 18.7. The molecule has 0 saturated heterocycles. The molecule has 6 heteroatoms. The first-order chi connectivity index (χ1) is 11.6. The summed E-state index contributed by atoms with van der Waals surface area (Å²) in [6.07, 6.45) is 0.374. The molecule has 0 aliphatic carbocycles. The van der Waals surface area contributed by atoms with E-state index >= 15 is 0 Å². The van der Waals surface area contributed by atoms with Gasteiger partial charge in [-0.25, -0.2) is 4.39 Å². The topological polar surface area (TPSA) is 68.0 Å². The van der Waals surface area contributed by atoms with Crippen LogP contribution in [0.15, 0.2) is 53.1 Å². The third-order valence-electron chi connectivity index (χ3n) is 3.60. The van der Waals surface area contributed by atoms with Gasteiger partial charge in [-0.2, -0.15) is 4.98 Å². The van der Waals surface area contributed by atoms with Gasteiger partial charge in [0, 0.05) is 18.5 Å². The predicted molar refractivity (Wildman–Crippen MR) is 86.9 cm³/mol. The fourth-order valence-electron chi connectivity index (χ4n) is 2.31. The molecule has 1 aromatic heterocycles. The summed E-state index contributed by atoms with van der Waals surface area (Å²) in [6.45, 7) is 2.25. The molecule has 0 radical (unpaired) electrons. The number of nitrogens with zero attached hydrogens (tertiary/aromatic N) is 2. The third-order valence-corrected chi connectivity index (χ3v) is 3.60. The summed E-state index contributed by atoms with van der Waals surface area (Å²) in [4.78, 5) is 16.2. The van der Waals surface area contributed by atoms with E-state index in [2.05, 4.69) is 15.5 Å². The number of aromatic nitrogens is 2. The Balaban J connectivity index is 1.59. The van der Waals surface area contributed by atoms with Crippen LogP contribution in [0.4, 0.5) is 4.39 Å². The Morgan fingerprint density at radius 2 is 1.92 bits per heavy atom. The van der Waals surface area contributed by atoms with Crippen molar-refractivity contribution >= 4 is 5.91 Å². The van der Waals surface area contributed by atoms with Crippen molar-refractivity contribution in [2.45, 2.75) is 13.3 Å². The second kappa shape index (κ2) is 7.04. The maximum absolute atomic E-state index is 13.5. The number of hydrogen-bond acceptors (Lipinski definition) is 4. The first kappa shape index (κ1) is 15.9. The van der Waals surface area contributed by atoms with Gasteiger partial charge in [-0.15, -0.1) is 0 Å². The number of amides is 1. The van der Waals surface area contributed by atoms with Gasteiger partial charge in [0.05, 0.1) is 5.56 Å². The maximum atomic E-state index is 13.5. The molecule has 0 aliphatic heterocycles. The first-order valence-electron chi connectivity index (χ1n) is 7.56. The third kappa shape index (κ3) is 3.48. The number of halogens is 1. The van der Waals surface area contributed by atoms with E-state index in [1.807, 2.05) is 31.2 Å².